The van der Waals surface area contributed by atoms with Gasteiger partial charge in [-0.2, -0.15) is 0 Å². The lowest BCUT2D eigenvalue weighted by atomic mass is 10.2. The van der Waals surface area contributed by atoms with Gasteiger partial charge in [-0.1, -0.05) is 12.1 Å². The van der Waals surface area contributed by atoms with E-state index in [0.717, 1.165) is 30.2 Å². The number of pyridine rings is 2. The Morgan fingerprint density at radius 3 is 2.44 bits per heavy atom. The van der Waals surface area contributed by atoms with Crippen LogP contribution in [-0.4, -0.2) is 21.9 Å². The van der Waals surface area contributed by atoms with Crippen molar-refractivity contribution in [2.24, 2.45) is 5.73 Å². The van der Waals surface area contributed by atoms with Crippen LogP contribution in [0.5, 0.6) is 0 Å². The van der Waals surface area contributed by atoms with Gasteiger partial charge in [0, 0.05) is 25.8 Å². The molecule has 0 amide bonds. The van der Waals surface area contributed by atoms with E-state index >= 15 is 0 Å². The summed E-state index contributed by atoms with van der Waals surface area (Å²) in [5.41, 5.74) is 8.62. The van der Waals surface area contributed by atoms with Crippen molar-refractivity contribution in [1.82, 2.24) is 14.9 Å². The van der Waals surface area contributed by atoms with Crippen molar-refractivity contribution in [1.29, 1.82) is 0 Å². The third-order valence-corrected chi connectivity index (χ3v) is 2.66. The van der Waals surface area contributed by atoms with Crippen molar-refractivity contribution in [3.63, 3.8) is 0 Å². The van der Waals surface area contributed by atoms with Crippen LogP contribution in [0.15, 0.2) is 42.6 Å². The van der Waals surface area contributed by atoms with Crippen LogP contribution in [0.2, 0.25) is 0 Å². The monoisotopic (exact) mass is 242 g/mol. The fraction of sp³-hybridized carbons (Fsp3) is 0.286. The summed E-state index contributed by atoms with van der Waals surface area (Å²) in [6, 6.07) is 11.9. The molecule has 2 rings (SSSR count). The Kier molecular flexibility index (Phi) is 4.39. The van der Waals surface area contributed by atoms with E-state index in [1.165, 1.54) is 0 Å². The first-order valence-electron chi connectivity index (χ1n) is 6.01. The Labute approximate surface area is 107 Å². The second kappa shape index (κ2) is 6.23. The van der Waals surface area contributed by atoms with E-state index in [4.69, 9.17) is 5.73 Å². The molecule has 4 heteroatoms. The summed E-state index contributed by atoms with van der Waals surface area (Å²) in [7, 11) is 2.06. The molecule has 0 saturated heterocycles. The molecule has 2 N–H and O–H groups in total. The quantitative estimate of drug-likeness (QED) is 0.864. The lowest BCUT2D eigenvalue weighted by molar-refractivity contribution is 0.311. The number of hydrogen-bond donors (Lipinski definition) is 1. The molecule has 0 saturated carbocycles. The summed E-state index contributed by atoms with van der Waals surface area (Å²) < 4.78 is 0. The average Bonchev–Trinajstić information content (AvgIpc) is 2.40. The molecule has 0 aliphatic rings. The fourth-order valence-corrected chi connectivity index (χ4v) is 1.83. The van der Waals surface area contributed by atoms with Crippen LogP contribution in [0.1, 0.15) is 17.1 Å². The highest BCUT2D eigenvalue weighted by molar-refractivity contribution is 5.11. The summed E-state index contributed by atoms with van der Waals surface area (Å²) in [5.74, 6) is 0. The molecule has 0 spiro atoms. The van der Waals surface area contributed by atoms with Gasteiger partial charge in [-0.15, -0.1) is 0 Å². The molecule has 0 aromatic carbocycles. The first-order chi connectivity index (χ1) is 8.78. The molecule has 2 aromatic heterocycles. The van der Waals surface area contributed by atoms with Gasteiger partial charge in [-0.3, -0.25) is 14.9 Å². The van der Waals surface area contributed by atoms with Crippen molar-refractivity contribution in [2.75, 3.05) is 7.05 Å². The van der Waals surface area contributed by atoms with Gasteiger partial charge >= 0.3 is 0 Å². The van der Waals surface area contributed by atoms with Crippen molar-refractivity contribution in [2.45, 2.75) is 19.6 Å². The minimum Gasteiger partial charge on any atom is -0.325 e. The highest BCUT2D eigenvalue weighted by Crippen LogP contribution is 2.05. The maximum Gasteiger partial charge on any atom is 0.0547 e. The van der Waals surface area contributed by atoms with E-state index < -0.39 is 0 Å². The van der Waals surface area contributed by atoms with Crippen molar-refractivity contribution in [3.05, 3.63) is 59.7 Å². The Balaban J connectivity index is 1.96. The van der Waals surface area contributed by atoms with Crippen molar-refractivity contribution < 1.29 is 0 Å². The highest BCUT2D eigenvalue weighted by Gasteiger charge is 2.04. The predicted molar refractivity (Wildman–Crippen MR) is 71.5 cm³/mol. The molecule has 0 atom stereocenters. The molecule has 4 nitrogen and oxygen atoms in total. The van der Waals surface area contributed by atoms with Crippen molar-refractivity contribution in [3.8, 4) is 0 Å². The summed E-state index contributed by atoms with van der Waals surface area (Å²) in [6.45, 7) is 2.09. The van der Waals surface area contributed by atoms with Gasteiger partial charge in [0.25, 0.3) is 0 Å². The molecular formula is C14H18N4. The van der Waals surface area contributed by atoms with Crippen LogP contribution < -0.4 is 5.73 Å². The number of nitrogens with two attached hydrogens (primary N) is 1. The van der Waals surface area contributed by atoms with Gasteiger partial charge in [-0.25, -0.2) is 0 Å². The van der Waals surface area contributed by atoms with E-state index in [-0.39, 0.29) is 0 Å². The number of nitrogens with zero attached hydrogens (tertiary/aromatic N) is 3. The first-order valence-corrected chi connectivity index (χ1v) is 6.01. The maximum atomic E-state index is 5.59. The van der Waals surface area contributed by atoms with E-state index in [9.17, 15) is 0 Å². The molecule has 2 heterocycles. The second-order valence-corrected chi connectivity index (χ2v) is 4.32. The molecule has 0 aliphatic carbocycles. The van der Waals surface area contributed by atoms with Gasteiger partial charge < -0.3 is 5.73 Å². The van der Waals surface area contributed by atoms with Gasteiger partial charge in [0.15, 0.2) is 0 Å². The molecule has 94 valence electrons. The lowest BCUT2D eigenvalue weighted by Gasteiger charge is -2.15. The summed E-state index contributed by atoms with van der Waals surface area (Å²) >= 11 is 0. The largest absolute Gasteiger partial charge is 0.325 e. The Hall–Kier alpha value is -1.78. The molecule has 0 unspecified atom stereocenters. The predicted octanol–water partition coefficient (Wildman–Crippen LogP) is 1.57. The number of hydrogen-bond acceptors (Lipinski definition) is 4. The zero-order valence-electron chi connectivity index (χ0n) is 10.6. The van der Waals surface area contributed by atoms with Crippen LogP contribution >= 0.6 is 0 Å². The highest BCUT2D eigenvalue weighted by atomic mass is 15.1. The summed E-state index contributed by atoms with van der Waals surface area (Å²) in [4.78, 5) is 11.0. The van der Waals surface area contributed by atoms with E-state index in [2.05, 4.69) is 21.9 Å². The molecule has 18 heavy (non-hydrogen) atoms. The van der Waals surface area contributed by atoms with Crippen LogP contribution in [0.3, 0.4) is 0 Å². The Bertz CT molecular complexity index is 484. The minimum absolute atomic E-state index is 0.484. The lowest BCUT2D eigenvalue weighted by Crippen LogP contribution is -2.19. The van der Waals surface area contributed by atoms with Crippen molar-refractivity contribution >= 4 is 0 Å². The topological polar surface area (TPSA) is 55.0 Å². The van der Waals surface area contributed by atoms with Gasteiger partial charge in [0.2, 0.25) is 0 Å². The molecule has 0 aliphatic heterocycles. The average molecular weight is 242 g/mol. The van der Waals surface area contributed by atoms with Gasteiger partial charge in [0.1, 0.15) is 0 Å². The van der Waals surface area contributed by atoms with Crippen LogP contribution in [0.25, 0.3) is 0 Å². The summed E-state index contributed by atoms with van der Waals surface area (Å²) in [6.07, 6.45) is 1.82. The van der Waals surface area contributed by atoms with Crippen LogP contribution in [0.4, 0.5) is 0 Å². The van der Waals surface area contributed by atoms with Crippen LogP contribution in [0, 0.1) is 0 Å². The third-order valence-electron chi connectivity index (χ3n) is 2.66. The molecule has 2 aromatic rings. The SMILES string of the molecule is CN(Cc1ccccn1)Cc1cccc(CN)n1. The van der Waals surface area contributed by atoms with Gasteiger partial charge in [-0.05, 0) is 31.3 Å². The maximum absolute atomic E-state index is 5.59. The normalized spacial score (nSPS) is 10.8. The number of rotatable bonds is 5. The zero-order valence-corrected chi connectivity index (χ0v) is 10.6. The standard InChI is InChI=1S/C14H18N4/c1-18(10-13-5-2-3-8-16-13)11-14-7-4-6-12(9-15)17-14/h2-8H,9-11,15H2,1H3. The number of aromatic nitrogens is 2. The Morgan fingerprint density at radius 2 is 1.72 bits per heavy atom. The smallest absolute Gasteiger partial charge is 0.0547 e. The van der Waals surface area contributed by atoms with E-state index in [0.29, 0.717) is 6.54 Å². The Morgan fingerprint density at radius 1 is 1.00 bits per heavy atom. The van der Waals surface area contributed by atoms with E-state index in [1.54, 1.807) is 0 Å². The molecule has 0 bridgehead atoms. The molecule has 0 fully saturated rings. The van der Waals surface area contributed by atoms with Crippen LogP contribution in [-0.2, 0) is 19.6 Å². The molecular weight excluding hydrogens is 224 g/mol. The molecule has 0 radical (unpaired) electrons. The third kappa shape index (κ3) is 3.61. The second-order valence-electron chi connectivity index (χ2n) is 4.32. The summed E-state index contributed by atoms with van der Waals surface area (Å²) in [5, 5.41) is 0. The first kappa shape index (κ1) is 12.7. The van der Waals surface area contributed by atoms with E-state index in [1.807, 2.05) is 42.6 Å². The fourth-order valence-electron chi connectivity index (χ4n) is 1.83. The van der Waals surface area contributed by atoms with Gasteiger partial charge in [0.05, 0.1) is 17.1 Å². The zero-order chi connectivity index (χ0) is 12.8. The minimum atomic E-state index is 0.484.